The first-order chi connectivity index (χ1) is 8.50. The van der Waals surface area contributed by atoms with Crippen molar-refractivity contribution >= 4 is 17.3 Å². The molecule has 0 bridgehead atoms. The Balaban J connectivity index is 2.40. The second-order valence-corrected chi connectivity index (χ2v) is 3.80. The van der Waals surface area contributed by atoms with Gasteiger partial charge < -0.3 is 15.8 Å². The van der Waals surface area contributed by atoms with Gasteiger partial charge in [0.15, 0.2) is 0 Å². The summed E-state index contributed by atoms with van der Waals surface area (Å²) in [4.78, 5) is 11.5. The van der Waals surface area contributed by atoms with E-state index in [1.807, 2.05) is 13.0 Å². The van der Waals surface area contributed by atoms with Gasteiger partial charge in [-0.1, -0.05) is 12.1 Å². The smallest absolute Gasteiger partial charge is 0.261 e. The molecule has 0 aromatic heterocycles. The predicted octanol–water partition coefficient (Wildman–Crippen LogP) is 2.19. The van der Waals surface area contributed by atoms with Gasteiger partial charge >= 0.3 is 0 Å². The summed E-state index contributed by atoms with van der Waals surface area (Å²) in [5.74, 6) is -0.315. The molecule has 1 rings (SSSR count). The topological polar surface area (TPSA) is 64.3 Å². The molecule has 100 valence electrons. The summed E-state index contributed by atoms with van der Waals surface area (Å²) in [7, 11) is 0. The fraction of sp³-hybridized carbons (Fsp3) is 0.417. The lowest BCUT2D eigenvalue weighted by Crippen LogP contribution is -2.17. The molecule has 0 heterocycles. The van der Waals surface area contributed by atoms with Crippen LogP contribution in [0.1, 0.15) is 12.0 Å². The van der Waals surface area contributed by atoms with Crippen LogP contribution in [-0.2, 0) is 9.53 Å². The van der Waals surface area contributed by atoms with Crippen LogP contribution in [-0.4, -0.2) is 25.5 Å². The van der Waals surface area contributed by atoms with Crippen molar-refractivity contribution in [2.24, 2.45) is 0 Å². The van der Waals surface area contributed by atoms with Crippen molar-refractivity contribution in [1.82, 2.24) is 0 Å². The van der Waals surface area contributed by atoms with E-state index in [0.29, 0.717) is 11.4 Å². The molecule has 18 heavy (non-hydrogen) atoms. The number of amides is 1. The van der Waals surface area contributed by atoms with Crippen LogP contribution >= 0.6 is 0 Å². The number of benzene rings is 1. The number of hydrogen-bond acceptors (Lipinski definition) is 3. The minimum absolute atomic E-state index is 0.0144. The number of aryl methyl sites for hydroxylation is 1. The second-order valence-electron chi connectivity index (χ2n) is 3.80. The highest BCUT2D eigenvalue weighted by molar-refractivity contribution is 5.94. The molecule has 0 spiro atoms. The van der Waals surface area contributed by atoms with E-state index in [-0.39, 0.29) is 18.9 Å². The SMILES string of the molecule is Cc1cccc(N)c1NC(=O)CCOCC(F)F. The number of hydrogen-bond donors (Lipinski definition) is 2. The van der Waals surface area contributed by atoms with Gasteiger partial charge in [0.05, 0.1) is 24.4 Å². The number of carbonyl (C=O) groups excluding carboxylic acids is 1. The number of alkyl halides is 2. The van der Waals surface area contributed by atoms with Crippen molar-refractivity contribution in [2.75, 3.05) is 24.3 Å². The van der Waals surface area contributed by atoms with E-state index in [2.05, 4.69) is 10.1 Å². The first-order valence-corrected chi connectivity index (χ1v) is 5.51. The first-order valence-electron chi connectivity index (χ1n) is 5.51. The number of rotatable bonds is 6. The van der Waals surface area contributed by atoms with E-state index < -0.39 is 13.0 Å². The first kappa shape index (κ1) is 14.4. The molecule has 4 nitrogen and oxygen atoms in total. The van der Waals surface area contributed by atoms with Gasteiger partial charge in [-0.05, 0) is 18.6 Å². The molecule has 1 aromatic carbocycles. The van der Waals surface area contributed by atoms with Crippen molar-refractivity contribution in [3.63, 3.8) is 0 Å². The van der Waals surface area contributed by atoms with Gasteiger partial charge in [-0.3, -0.25) is 4.79 Å². The van der Waals surface area contributed by atoms with Crippen LogP contribution in [0.2, 0.25) is 0 Å². The molecule has 0 radical (unpaired) electrons. The lowest BCUT2D eigenvalue weighted by Gasteiger charge is -2.11. The van der Waals surface area contributed by atoms with Gasteiger partial charge in [0.2, 0.25) is 5.91 Å². The maximum atomic E-state index is 11.8. The number of ether oxygens (including phenoxy) is 1. The third-order valence-electron chi connectivity index (χ3n) is 2.29. The fourth-order valence-electron chi connectivity index (χ4n) is 1.40. The molecule has 1 aromatic rings. The third kappa shape index (κ3) is 4.67. The zero-order valence-electron chi connectivity index (χ0n) is 10.1. The Morgan fingerprint density at radius 3 is 2.83 bits per heavy atom. The summed E-state index contributed by atoms with van der Waals surface area (Å²) >= 11 is 0. The molecule has 0 atom stereocenters. The van der Waals surface area contributed by atoms with Crippen molar-refractivity contribution in [1.29, 1.82) is 0 Å². The van der Waals surface area contributed by atoms with Gasteiger partial charge in [-0.2, -0.15) is 0 Å². The highest BCUT2D eigenvalue weighted by Gasteiger charge is 2.08. The van der Waals surface area contributed by atoms with Gasteiger partial charge in [-0.25, -0.2) is 8.78 Å². The molecule has 0 saturated heterocycles. The van der Waals surface area contributed by atoms with E-state index in [1.54, 1.807) is 12.1 Å². The standard InChI is InChI=1S/C12H16F2N2O2/c1-8-3-2-4-9(15)12(8)16-11(17)5-6-18-7-10(13)14/h2-4,10H,5-7,15H2,1H3,(H,16,17). The minimum Gasteiger partial charge on any atom is -0.397 e. The Morgan fingerprint density at radius 2 is 2.22 bits per heavy atom. The highest BCUT2D eigenvalue weighted by Crippen LogP contribution is 2.22. The van der Waals surface area contributed by atoms with E-state index in [9.17, 15) is 13.6 Å². The summed E-state index contributed by atoms with van der Waals surface area (Å²) in [5, 5.41) is 2.64. The Kier molecular flexibility index (Phi) is 5.51. The molecule has 0 unspecified atom stereocenters. The summed E-state index contributed by atoms with van der Waals surface area (Å²) in [6.45, 7) is 1.13. The van der Waals surface area contributed by atoms with Crippen LogP contribution in [0, 0.1) is 6.92 Å². The van der Waals surface area contributed by atoms with Crippen LogP contribution in [0.4, 0.5) is 20.2 Å². The van der Waals surface area contributed by atoms with E-state index >= 15 is 0 Å². The van der Waals surface area contributed by atoms with Crippen LogP contribution in [0.15, 0.2) is 18.2 Å². The number of para-hydroxylation sites is 1. The number of nitrogens with two attached hydrogens (primary N) is 1. The van der Waals surface area contributed by atoms with Gasteiger partial charge in [-0.15, -0.1) is 0 Å². The molecule has 6 heteroatoms. The highest BCUT2D eigenvalue weighted by atomic mass is 19.3. The Labute approximate surface area is 104 Å². The summed E-state index contributed by atoms with van der Waals surface area (Å²) in [5.41, 5.74) is 7.58. The molecule has 0 fully saturated rings. The Bertz CT molecular complexity index is 391. The lowest BCUT2D eigenvalue weighted by atomic mass is 10.1. The zero-order valence-corrected chi connectivity index (χ0v) is 10.1. The molecule has 3 N–H and O–H groups in total. The van der Waals surface area contributed by atoms with Gasteiger partial charge in [0.1, 0.15) is 6.61 Å². The van der Waals surface area contributed by atoms with Crippen molar-refractivity contribution in [3.8, 4) is 0 Å². The number of anilines is 2. The Morgan fingerprint density at radius 1 is 1.50 bits per heavy atom. The summed E-state index contributed by atoms with van der Waals surface area (Å²) in [6.07, 6.45) is -2.50. The number of nitrogens with one attached hydrogen (secondary N) is 1. The maximum Gasteiger partial charge on any atom is 0.261 e. The maximum absolute atomic E-state index is 11.8. The molecular formula is C12H16F2N2O2. The van der Waals surface area contributed by atoms with E-state index in [0.717, 1.165) is 5.56 Å². The van der Waals surface area contributed by atoms with Crippen molar-refractivity contribution in [3.05, 3.63) is 23.8 Å². The normalized spacial score (nSPS) is 10.7. The van der Waals surface area contributed by atoms with Gasteiger partial charge in [0, 0.05) is 0 Å². The predicted molar refractivity (Wildman–Crippen MR) is 65.7 cm³/mol. The lowest BCUT2D eigenvalue weighted by molar-refractivity contribution is -0.117. The van der Waals surface area contributed by atoms with Crippen LogP contribution in [0.5, 0.6) is 0 Å². The summed E-state index contributed by atoms with van der Waals surface area (Å²) in [6, 6.07) is 5.28. The molecular weight excluding hydrogens is 242 g/mol. The number of halogens is 2. The average molecular weight is 258 g/mol. The van der Waals surface area contributed by atoms with Crippen molar-refractivity contribution < 1.29 is 18.3 Å². The minimum atomic E-state index is -2.51. The molecule has 0 aliphatic carbocycles. The van der Waals surface area contributed by atoms with E-state index in [1.165, 1.54) is 0 Å². The van der Waals surface area contributed by atoms with Crippen LogP contribution < -0.4 is 11.1 Å². The third-order valence-corrected chi connectivity index (χ3v) is 2.29. The number of nitrogen functional groups attached to an aromatic ring is 1. The van der Waals surface area contributed by atoms with Crippen molar-refractivity contribution in [2.45, 2.75) is 19.8 Å². The van der Waals surface area contributed by atoms with Crippen LogP contribution in [0.25, 0.3) is 0 Å². The monoisotopic (exact) mass is 258 g/mol. The van der Waals surface area contributed by atoms with E-state index in [4.69, 9.17) is 5.73 Å². The van der Waals surface area contributed by atoms with Crippen LogP contribution in [0.3, 0.4) is 0 Å². The quantitative estimate of drug-likeness (QED) is 0.607. The number of carbonyl (C=O) groups is 1. The summed E-state index contributed by atoms with van der Waals surface area (Å²) < 4.78 is 28.2. The zero-order chi connectivity index (χ0) is 13.5. The largest absolute Gasteiger partial charge is 0.397 e. The molecule has 0 saturated carbocycles. The molecule has 0 aliphatic rings. The second kappa shape index (κ2) is 6.90. The average Bonchev–Trinajstić information content (AvgIpc) is 2.29. The molecule has 1 amide bonds. The fourth-order valence-corrected chi connectivity index (χ4v) is 1.40. The van der Waals surface area contributed by atoms with Gasteiger partial charge in [0.25, 0.3) is 6.43 Å². The molecule has 0 aliphatic heterocycles. The Hall–Kier alpha value is -1.69.